The quantitative estimate of drug-likeness (QED) is 0.163. The lowest BCUT2D eigenvalue weighted by Crippen LogP contribution is -2.00. The Kier molecular flexibility index (Phi) is 9.83. The van der Waals surface area contributed by atoms with Crippen molar-refractivity contribution in [3.63, 3.8) is 0 Å². The van der Waals surface area contributed by atoms with Crippen LogP contribution < -0.4 is 0 Å². The SMILES string of the molecule is Brc1ccc2oc3c(-c4nc(-c5ccccc5)nc(-c5ccccc5)n4)cccc3c2c1.c1ccc(-c2nc(-c3ccccc3)nc(-c3cccc4c3oc3ccccc34)n2)cc1. The Labute approximate surface area is 369 Å². The van der Waals surface area contributed by atoms with Crippen LogP contribution in [0, 0.1) is 0 Å². The number of aromatic nitrogens is 6. The van der Waals surface area contributed by atoms with E-state index < -0.39 is 0 Å². The maximum Gasteiger partial charge on any atom is 0.167 e. The van der Waals surface area contributed by atoms with Crippen LogP contribution in [0.3, 0.4) is 0 Å². The first-order valence-electron chi connectivity index (χ1n) is 20.4. The molecule has 9 heteroatoms. The Bertz CT molecular complexity index is 3460. The van der Waals surface area contributed by atoms with Crippen LogP contribution in [0.2, 0.25) is 0 Å². The monoisotopic (exact) mass is 876 g/mol. The Balaban J connectivity index is 0.000000141. The van der Waals surface area contributed by atoms with Gasteiger partial charge in [0.2, 0.25) is 0 Å². The van der Waals surface area contributed by atoms with Crippen molar-refractivity contribution in [1.29, 1.82) is 0 Å². The highest BCUT2D eigenvalue weighted by Crippen LogP contribution is 2.38. The van der Waals surface area contributed by atoms with Crippen molar-refractivity contribution in [2.75, 3.05) is 0 Å². The van der Waals surface area contributed by atoms with E-state index in [1.807, 2.05) is 176 Å². The summed E-state index contributed by atoms with van der Waals surface area (Å²) in [5, 5.41) is 4.22. The summed E-state index contributed by atoms with van der Waals surface area (Å²) in [5.41, 5.74) is 8.69. The molecule has 8 nitrogen and oxygen atoms in total. The zero-order chi connectivity index (χ0) is 42.1. The maximum absolute atomic E-state index is 6.26. The van der Waals surface area contributed by atoms with Gasteiger partial charge in [-0.05, 0) is 36.4 Å². The molecule has 0 saturated heterocycles. The van der Waals surface area contributed by atoms with Gasteiger partial charge >= 0.3 is 0 Å². The molecule has 4 heterocycles. The summed E-state index contributed by atoms with van der Waals surface area (Å²) in [4.78, 5) is 28.9. The van der Waals surface area contributed by atoms with Crippen molar-refractivity contribution >= 4 is 59.8 Å². The maximum atomic E-state index is 6.26. The number of rotatable bonds is 6. The molecule has 12 rings (SSSR count). The second-order valence-corrected chi connectivity index (χ2v) is 15.7. The standard InChI is InChI=1S/C27H16BrN3O.C27H17N3O/c28-19-14-15-23-22(16-19)20-12-7-13-21(24(20)32-23)27-30-25(17-8-3-1-4-9-17)29-26(31-27)18-10-5-2-6-11-18;1-3-10-18(11-4-1)25-28-26(19-12-5-2-6-13-19)30-27(29-25)22-16-9-15-21-20-14-7-8-17-23(20)31-24(21)22/h1-16H;1-17H. The van der Waals surface area contributed by atoms with Gasteiger partial charge in [-0.2, -0.15) is 0 Å². The lowest BCUT2D eigenvalue weighted by Gasteiger charge is -2.08. The number of nitrogens with zero attached hydrogens (tertiary/aromatic N) is 6. The largest absolute Gasteiger partial charge is 0.455 e. The highest BCUT2D eigenvalue weighted by atomic mass is 79.9. The van der Waals surface area contributed by atoms with Crippen molar-refractivity contribution in [3.05, 3.63) is 205 Å². The molecule has 0 unspecified atom stereocenters. The zero-order valence-electron chi connectivity index (χ0n) is 33.4. The van der Waals surface area contributed by atoms with Gasteiger partial charge in [0.15, 0.2) is 34.9 Å². The summed E-state index contributed by atoms with van der Waals surface area (Å²) in [7, 11) is 0. The van der Waals surface area contributed by atoms with Gasteiger partial charge in [-0.3, -0.25) is 0 Å². The first-order valence-corrected chi connectivity index (χ1v) is 21.2. The molecule has 0 saturated carbocycles. The van der Waals surface area contributed by atoms with E-state index in [0.717, 1.165) is 81.7 Å². The van der Waals surface area contributed by atoms with Crippen LogP contribution in [-0.4, -0.2) is 29.9 Å². The highest BCUT2D eigenvalue weighted by molar-refractivity contribution is 9.10. The number of benzene rings is 8. The fourth-order valence-electron chi connectivity index (χ4n) is 7.73. The van der Waals surface area contributed by atoms with E-state index in [1.165, 1.54) is 0 Å². The normalized spacial score (nSPS) is 11.3. The number of fused-ring (bicyclic) bond motifs is 6. The van der Waals surface area contributed by atoms with Crippen molar-refractivity contribution in [3.8, 4) is 68.3 Å². The predicted octanol–water partition coefficient (Wildman–Crippen LogP) is 14.3. The van der Waals surface area contributed by atoms with Crippen LogP contribution in [0.4, 0.5) is 0 Å². The average molecular weight is 878 g/mol. The van der Waals surface area contributed by atoms with E-state index in [0.29, 0.717) is 34.9 Å². The van der Waals surface area contributed by atoms with Crippen molar-refractivity contribution in [1.82, 2.24) is 29.9 Å². The van der Waals surface area contributed by atoms with Gasteiger partial charge in [-0.15, -0.1) is 0 Å². The molecular formula is C54H33BrN6O2. The summed E-state index contributed by atoms with van der Waals surface area (Å²) >= 11 is 3.56. The van der Waals surface area contributed by atoms with Crippen molar-refractivity contribution < 1.29 is 8.83 Å². The number of hydrogen-bond acceptors (Lipinski definition) is 8. The average Bonchev–Trinajstić information content (AvgIpc) is 3.93. The van der Waals surface area contributed by atoms with Gasteiger partial charge in [0, 0.05) is 48.3 Å². The minimum Gasteiger partial charge on any atom is -0.455 e. The molecule has 4 aromatic heterocycles. The molecule has 0 aliphatic rings. The minimum absolute atomic E-state index is 0.585. The van der Waals surface area contributed by atoms with E-state index >= 15 is 0 Å². The fourth-order valence-corrected chi connectivity index (χ4v) is 8.09. The van der Waals surface area contributed by atoms with Gasteiger partial charge in [-0.25, -0.2) is 29.9 Å². The van der Waals surface area contributed by atoms with Gasteiger partial charge in [0.1, 0.15) is 22.3 Å². The van der Waals surface area contributed by atoms with E-state index in [9.17, 15) is 0 Å². The molecule has 0 aliphatic carbocycles. The van der Waals surface area contributed by atoms with Crippen LogP contribution in [0.15, 0.2) is 213 Å². The van der Waals surface area contributed by atoms with Gasteiger partial charge in [0.25, 0.3) is 0 Å². The number of hydrogen-bond donors (Lipinski definition) is 0. The van der Waals surface area contributed by atoms with Crippen molar-refractivity contribution in [2.45, 2.75) is 0 Å². The van der Waals surface area contributed by atoms with E-state index in [4.69, 9.17) is 38.7 Å². The highest BCUT2D eigenvalue weighted by Gasteiger charge is 2.19. The molecule has 0 radical (unpaired) electrons. The third-order valence-corrected chi connectivity index (χ3v) is 11.2. The first kappa shape index (κ1) is 37.8. The summed E-state index contributed by atoms with van der Waals surface area (Å²) in [5.74, 6) is 3.71. The van der Waals surface area contributed by atoms with Crippen LogP contribution >= 0.6 is 15.9 Å². The van der Waals surface area contributed by atoms with Crippen LogP contribution in [0.5, 0.6) is 0 Å². The third kappa shape index (κ3) is 7.41. The van der Waals surface area contributed by atoms with Gasteiger partial charge in [-0.1, -0.05) is 180 Å². The fraction of sp³-hybridized carbons (Fsp3) is 0. The molecule has 0 fully saturated rings. The molecule has 298 valence electrons. The molecule has 0 amide bonds. The molecule has 8 aromatic carbocycles. The lowest BCUT2D eigenvalue weighted by atomic mass is 10.1. The molecule has 0 bridgehead atoms. The third-order valence-electron chi connectivity index (χ3n) is 10.7. The second kappa shape index (κ2) is 16.4. The molecule has 0 spiro atoms. The topological polar surface area (TPSA) is 104 Å². The van der Waals surface area contributed by atoms with Crippen LogP contribution in [-0.2, 0) is 0 Å². The first-order chi connectivity index (χ1) is 31.1. The predicted molar refractivity (Wildman–Crippen MR) is 255 cm³/mol. The van der Waals surface area contributed by atoms with Gasteiger partial charge < -0.3 is 8.83 Å². The number of furan rings is 2. The lowest BCUT2D eigenvalue weighted by molar-refractivity contribution is 0.669. The van der Waals surface area contributed by atoms with Crippen LogP contribution in [0.25, 0.3) is 112 Å². The van der Waals surface area contributed by atoms with E-state index in [2.05, 4.69) is 40.2 Å². The Morgan fingerprint density at radius 3 is 1.08 bits per heavy atom. The Morgan fingerprint density at radius 2 is 0.635 bits per heavy atom. The molecule has 0 aliphatic heterocycles. The molecular weight excluding hydrogens is 845 g/mol. The summed E-state index contributed by atoms with van der Waals surface area (Å²) in [6, 6.07) is 66.2. The summed E-state index contributed by atoms with van der Waals surface area (Å²) in [6.07, 6.45) is 0. The van der Waals surface area contributed by atoms with Gasteiger partial charge in [0.05, 0.1) is 11.1 Å². The smallest absolute Gasteiger partial charge is 0.167 e. The second-order valence-electron chi connectivity index (χ2n) is 14.8. The number of para-hydroxylation sites is 3. The van der Waals surface area contributed by atoms with Crippen LogP contribution in [0.1, 0.15) is 0 Å². The molecule has 0 N–H and O–H groups in total. The molecule has 63 heavy (non-hydrogen) atoms. The zero-order valence-corrected chi connectivity index (χ0v) is 35.0. The Hall–Kier alpha value is -8.14. The van der Waals surface area contributed by atoms with Crippen molar-refractivity contribution in [2.24, 2.45) is 0 Å². The van der Waals surface area contributed by atoms with E-state index in [1.54, 1.807) is 0 Å². The molecule has 0 atom stereocenters. The summed E-state index contributed by atoms with van der Waals surface area (Å²) < 4.78 is 13.5. The van der Waals surface area contributed by atoms with E-state index in [-0.39, 0.29) is 0 Å². The molecule has 12 aromatic rings. The number of halogens is 1. The minimum atomic E-state index is 0.585. The Morgan fingerprint density at radius 1 is 0.286 bits per heavy atom. The summed E-state index contributed by atoms with van der Waals surface area (Å²) in [6.45, 7) is 0.